The van der Waals surface area contributed by atoms with Crippen LogP contribution in [-0.4, -0.2) is 60.6 Å². The molecule has 1 aromatic carbocycles. The minimum atomic E-state index is 0.0623. The van der Waals surface area contributed by atoms with Gasteiger partial charge in [-0.2, -0.15) is 0 Å². The van der Waals surface area contributed by atoms with Gasteiger partial charge in [0.2, 0.25) is 0 Å². The third-order valence-electron chi connectivity index (χ3n) is 6.33. The summed E-state index contributed by atoms with van der Waals surface area (Å²) >= 11 is 0. The van der Waals surface area contributed by atoms with Gasteiger partial charge >= 0.3 is 0 Å². The molecule has 0 radical (unpaired) electrons. The van der Waals surface area contributed by atoms with Crippen LogP contribution in [0, 0.1) is 20.8 Å². The van der Waals surface area contributed by atoms with Crippen LogP contribution in [0.3, 0.4) is 0 Å². The quantitative estimate of drug-likeness (QED) is 0.654. The van der Waals surface area contributed by atoms with E-state index in [1.807, 2.05) is 30.3 Å². The Morgan fingerprint density at radius 2 is 1.90 bits per heavy atom. The maximum Gasteiger partial charge on any atom is 0.256 e. The molecule has 0 atom stereocenters. The number of nitrogens with one attached hydrogen (secondary N) is 2. The normalized spacial score (nSPS) is 14.2. The zero-order valence-corrected chi connectivity index (χ0v) is 19.0. The molecule has 1 aliphatic heterocycles. The molecular formula is C24H31N5O2. The number of anilines is 2. The summed E-state index contributed by atoms with van der Waals surface area (Å²) in [6, 6.07) is 3.99. The highest BCUT2D eigenvalue weighted by atomic mass is 16.5. The van der Waals surface area contributed by atoms with Crippen LogP contribution in [0.2, 0.25) is 0 Å². The third kappa shape index (κ3) is 3.58. The van der Waals surface area contributed by atoms with E-state index in [-0.39, 0.29) is 5.91 Å². The first-order valence-corrected chi connectivity index (χ1v) is 10.9. The fourth-order valence-electron chi connectivity index (χ4n) is 4.61. The molecule has 1 amide bonds. The number of nitrogens with zero attached hydrogens (tertiary/aromatic N) is 3. The van der Waals surface area contributed by atoms with Gasteiger partial charge in [0.25, 0.3) is 5.91 Å². The van der Waals surface area contributed by atoms with Crippen molar-refractivity contribution in [3.8, 4) is 5.75 Å². The molecule has 3 aromatic rings. The number of hydrogen-bond acceptors (Lipinski definition) is 5. The average Bonchev–Trinajstić information content (AvgIpc) is 3.24. The second-order valence-corrected chi connectivity index (χ2v) is 8.04. The highest BCUT2D eigenvalue weighted by Gasteiger charge is 2.27. The van der Waals surface area contributed by atoms with Crippen molar-refractivity contribution in [3.05, 3.63) is 46.8 Å². The van der Waals surface area contributed by atoms with E-state index in [4.69, 9.17) is 4.74 Å². The fraction of sp³-hybridized carbons (Fsp3) is 0.417. The number of pyridine rings is 1. The number of rotatable bonds is 5. The van der Waals surface area contributed by atoms with E-state index < -0.39 is 0 Å². The van der Waals surface area contributed by atoms with E-state index in [2.05, 4.69) is 47.0 Å². The van der Waals surface area contributed by atoms with Crippen molar-refractivity contribution in [2.75, 3.05) is 50.1 Å². The van der Waals surface area contributed by atoms with Crippen molar-refractivity contribution in [1.82, 2.24) is 14.9 Å². The van der Waals surface area contributed by atoms with Crippen molar-refractivity contribution >= 4 is 28.3 Å². The predicted octanol–water partition coefficient (Wildman–Crippen LogP) is 3.89. The van der Waals surface area contributed by atoms with Gasteiger partial charge in [-0.25, -0.2) is 4.98 Å². The molecule has 3 heterocycles. The molecule has 164 valence electrons. The predicted molar refractivity (Wildman–Crippen MR) is 126 cm³/mol. The number of benzene rings is 1. The SMILES string of the molecule is CCNc1cccnc1N1CCN(C(=O)c2c[nH]c3c(C)c(C)c(OC)c(C)c23)CC1. The Kier molecular flexibility index (Phi) is 5.76. The van der Waals surface area contributed by atoms with Crippen molar-refractivity contribution in [2.45, 2.75) is 27.7 Å². The molecule has 4 rings (SSSR count). The smallest absolute Gasteiger partial charge is 0.256 e. The lowest BCUT2D eigenvalue weighted by molar-refractivity contribution is 0.0748. The van der Waals surface area contributed by atoms with E-state index >= 15 is 0 Å². The zero-order chi connectivity index (χ0) is 22.1. The molecule has 7 heteroatoms. The second-order valence-electron chi connectivity index (χ2n) is 8.04. The van der Waals surface area contributed by atoms with Crippen molar-refractivity contribution in [1.29, 1.82) is 0 Å². The van der Waals surface area contributed by atoms with Crippen molar-refractivity contribution in [2.24, 2.45) is 0 Å². The second kappa shape index (κ2) is 8.49. The molecule has 31 heavy (non-hydrogen) atoms. The van der Waals surface area contributed by atoms with Gasteiger partial charge < -0.3 is 24.8 Å². The van der Waals surface area contributed by atoms with Crippen LogP contribution in [0.1, 0.15) is 34.0 Å². The van der Waals surface area contributed by atoms with Crippen molar-refractivity contribution in [3.63, 3.8) is 0 Å². The maximum atomic E-state index is 13.5. The number of aryl methyl sites for hydroxylation is 2. The Labute approximate surface area is 183 Å². The summed E-state index contributed by atoms with van der Waals surface area (Å²) in [6.07, 6.45) is 3.67. The van der Waals surface area contributed by atoms with E-state index in [1.165, 1.54) is 0 Å². The molecule has 0 saturated carbocycles. The lowest BCUT2D eigenvalue weighted by atomic mass is 9.97. The van der Waals surface area contributed by atoms with Gasteiger partial charge in [-0.1, -0.05) is 0 Å². The lowest BCUT2D eigenvalue weighted by Gasteiger charge is -2.36. The van der Waals surface area contributed by atoms with E-state index in [0.717, 1.165) is 64.5 Å². The molecule has 0 spiro atoms. The average molecular weight is 422 g/mol. The number of methoxy groups -OCH3 is 1. The van der Waals surface area contributed by atoms with Crippen LogP contribution >= 0.6 is 0 Å². The number of ether oxygens (including phenoxy) is 1. The van der Waals surface area contributed by atoms with Crippen molar-refractivity contribution < 1.29 is 9.53 Å². The lowest BCUT2D eigenvalue weighted by Crippen LogP contribution is -2.49. The van der Waals surface area contributed by atoms with Gasteiger partial charge in [-0.05, 0) is 51.0 Å². The summed E-state index contributed by atoms with van der Waals surface area (Å²) in [7, 11) is 1.69. The molecule has 7 nitrogen and oxygen atoms in total. The highest BCUT2D eigenvalue weighted by molar-refractivity contribution is 6.09. The summed E-state index contributed by atoms with van der Waals surface area (Å²) in [4.78, 5) is 25.5. The van der Waals surface area contributed by atoms with Crippen LogP contribution in [-0.2, 0) is 0 Å². The van der Waals surface area contributed by atoms with Gasteiger partial charge in [0.1, 0.15) is 5.75 Å². The molecule has 1 aliphatic rings. The molecule has 0 bridgehead atoms. The first-order chi connectivity index (χ1) is 15.0. The van der Waals surface area contributed by atoms with Crippen LogP contribution in [0.15, 0.2) is 24.5 Å². The monoisotopic (exact) mass is 421 g/mol. The number of piperazine rings is 1. The molecular weight excluding hydrogens is 390 g/mol. The third-order valence-corrected chi connectivity index (χ3v) is 6.33. The maximum absolute atomic E-state index is 13.5. The Hall–Kier alpha value is -3.22. The largest absolute Gasteiger partial charge is 0.496 e. The summed E-state index contributed by atoms with van der Waals surface area (Å²) in [5.41, 5.74) is 6.00. The van der Waals surface area contributed by atoms with Crippen LogP contribution in [0.25, 0.3) is 10.9 Å². The summed E-state index contributed by atoms with van der Waals surface area (Å²) in [6.45, 7) is 11.9. The Balaban J connectivity index is 1.57. The van der Waals surface area contributed by atoms with Gasteiger partial charge in [-0.15, -0.1) is 0 Å². The van der Waals surface area contributed by atoms with E-state index in [0.29, 0.717) is 18.7 Å². The fourth-order valence-corrected chi connectivity index (χ4v) is 4.61. The highest BCUT2D eigenvalue weighted by Crippen LogP contribution is 2.36. The number of hydrogen-bond donors (Lipinski definition) is 2. The molecule has 1 fully saturated rings. The summed E-state index contributed by atoms with van der Waals surface area (Å²) < 4.78 is 5.65. The van der Waals surface area contributed by atoms with E-state index in [9.17, 15) is 4.79 Å². The van der Waals surface area contributed by atoms with Gasteiger partial charge in [-0.3, -0.25) is 4.79 Å². The van der Waals surface area contributed by atoms with Crippen LogP contribution in [0.4, 0.5) is 11.5 Å². The number of aromatic amines is 1. The molecule has 2 N–H and O–H groups in total. The van der Waals surface area contributed by atoms with Crippen LogP contribution < -0.4 is 15.0 Å². The number of H-pyrrole nitrogens is 1. The molecule has 2 aromatic heterocycles. The zero-order valence-electron chi connectivity index (χ0n) is 19.0. The molecule has 0 unspecified atom stereocenters. The van der Waals surface area contributed by atoms with Gasteiger partial charge in [0.15, 0.2) is 5.82 Å². The number of carbonyl (C=O) groups is 1. The first kappa shape index (κ1) is 21.0. The number of aromatic nitrogens is 2. The Morgan fingerprint density at radius 1 is 1.16 bits per heavy atom. The van der Waals surface area contributed by atoms with E-state index in [1.54, 1.807) is 7.11 Å². The molecule has 1 saturated heterocycles. The van der Waals surface area contributed by atoms with Gasteiger partial charge in [0, 0.05) is 61.6 Å². The Bertz CT molecular complexity index is 1110. The van der Waals surface area contributed by atoms with Gasteiger partial charge in [0.05, 0.1) is 18.4 Å². The number of fused-ring (bicyclic) bond motifs is 1. The minimum absolute atomic E-state index is 0.0623. The summed E-state index contributed by atoms with van der Waals surface area (Å²) in [5, 5.41) is 4.34. The number of carbonyl (C=O) groups excluding carboxylic acids is 1. The number of amides is 1. The Morgan fingerprint density at radius 3 is 2.58 bits per heavy atom. The summed E-state index contributed by atoms with van der Waals surface area (Å²) in [5.74, 6) is 1.87. The standard InChI is InChI=1S/C24H31N5O2/c1-6-25-19-8-7-9-26-23(19)28-10-12-29(13-11-28)24(30)18-14-27-21-15(2)16(3)22(31-5)17(4)20(18)21/h7-9,14,25,27H,6,10-13H2,1-5H3. The topological polar surface area (TPSA) is 73.5 Å². The molecule has 0 aliphatic carbocycles. The first-order valence-electron chi connectivity index (χ1n) is 10.9. The minimum Gasteiger partial charge on any atom is -0.496 e. The van der Waals surface area contributed by atoms with Crippen LogP contribution in [0.5, 0.6) is 5.75 Å².